The van der Waals surface area contributed by atoms with Gasteiger partial charge in [0.25, 0.3) is 0 Å². The number of benzene rings is 2. The summed E-state index contributed by atoms with van der Waals surface area (Å²) in [6, 6.07) is 13.3. The van der Waals surface area contributed by atoms with E-state index in [1.165, 1.54) is 23.9 Å². The van der Waals surface area contributed by atoms with Crippen molar-refractivity contribution in [3.63, 3.8) is 0 Å². The Labute approximate surface area is 194 Å². The van der Waals surface area contributed by atoms with Gasteiger partial charge >= 0.3 is 6.18 Å². The Morgan fingerprint density at radius 1 is 1.16 bits per heavy atom. The number of aliphatic imine (C=N–C) groups is 1. The fraction of sp³-hybridized carbons (Fsp3) is 0.348. The van der Waals surface area contributed by atoms with Crippen LogP contribution >= 0.6 is 24.0 Å². The van der Waals surface area contributed by atoms with Gasteiger partial charge in [-0.25, -0.2) is 0 Å². The summed E-state index contributed by atoms with van der Waals surface area (Å²) in [5.41, 5.74) is 0.403. The lowest BCUT2D eigenvalue weighted by Gasteiger charge is -2.45. The molecule has 4 nitrogen and oxygen atoms in total. The van der Waals surface area contributed by atoms with Gasteiger partial charge in [0, 0.05) is 5.69 Å². The van der Waals surface area contributed by atoms with Crippen LogP contribution in [0.4, 0.5) is 24.5 Å². The summed E-state index contributed by atoms with van der Waals surface area (Å²) in [7, 11) is 0. The van der Waals surface area contributed by atoms with Crippen molar-refractivity contribution in [3.05, 3.63) is 59.2 Å². The minimum absolute atomic E-state index is 0.266. The number of thioether (sulfide) groups is 1. The third kappa shape index (κ3) is 3.65. The molecule has 1 spiro atoms. The average Bonchev–Trinajstić information content (AvgIpc) is 3.00. The maximum atomic E-state index is 13.7. The molecular formula is C23H21F3N4S2. The third-order valence-corrected chi connectivity index (χ3v) is 6.69. The van der Waals surface area contributed by atoms with Gasteiger partial charge in [0.05, 0.1) is 28.8 Å². The zero-order chi connectivity index (χ0) is 23.1. The largest absolute Gasteiger partial charge is 0.417 e. The molecule has 1 aliphatic carbocycles. The van der Waals surface area contributed by atoms with Crippen molar-refractivity contribution in [2.24, 2.45) is 4.99 Å². The second kappa shape index (κ2) is 8.41. The minimum Gasteiger partial charge on any atom is -0.305 e. The molecule has 1 aliphatic heterocycles. The van der Waals surface area contributed by atoms with Crippen LogP contribution in [0.2, 0.25) is 0 Å². The van der Waals surface area contributed by atoms with E-state index in [4.69, 9.17) is 17.2 Å². The Bertz CT molecular complexity index is 1120. The van der Waals surface area contributed by atoms with Crippen LogP contribution in [0.3, 0.4) is 0 Å². The van der Waals surface area contributed by atoms with Gasteiger partial charge in [0.15, 0.2) is 5.11 Å². The molecule has 0 radical (unpaired) electrons. The lowest BCUT2D eigenvalue weighted by Crippen LogP contribution is -2.55. The Balaban J connectivity index is 1.89. The lowest BCUT2D eigenvalue weighted by molar-refractivity contribution is -0.137. The Morgan fingerprint density at radius 3 is 2.34 bits per heavy atom. The summed E-state index contributed by atoms with van der Waals surface area (Å²) in [6.45, 7) is 2.00. The fourth-order valence-corrected chi connectivity index (χ4v) is 5.00. The van der Waals surface area contributed by atoms with Crippen molar-refractivity contribution in [1.82, 2.24) is 0 Å². The first-order valence-electron chi connectivity index (χ1n) is 10.1. The van der Waals surface area contributed by atoms with Crippen molar-refractivity contribution in [3.8, 4) is 6.07 Å². The average molecular weight is 475 g/mol. The number of alkyl halides is 3. The molecule has 4 rings (SSSR count). The Morgan fingerprint density at radius 2 is 1.81 bits per heavy atom. The number of halogens is 3. The third-order valence-electron chi connectivity index (χ3n) is 5.94. The first-order valence-corrected chi connectivity index (χ1v) is 11.9. The van der Waals surface area contributed by atoms with Crippen LogP contribution in [-0.4, -0.2) is 28.6 Å². The summed E-state index contributed by atoms with van der Waals surface area (Å²) in [6.07, 6.45) is -0.112. The molecule has 1 heterocycles. The highest BCUT2D eigenvalue weighted by Crippen LogP contribution is 2.49. The zero-order valence-electron chi connectivity index (χ0n) is 17.6. The fourth-order valence-electron chi connectivity index (χ4n) is 4.27. The maximum absolute atomic E-state index is 13.7. The Hall–Kier alpha value is -2.57. The molecule has 0 N–H and O–H groups in total. The van der Waals surface area contributed by atoms with Crippen LogP contribution in [0.25, 0.3) is 0 Å². The predicted octanol–water partition coefficient (Wildman–Crippen LogP) is 6.14. The number of hydrogen-bond acceptors (Lipinski definition) is 4. The van der Waals surface area contributed by atoms with E-state index >= 15 is 0 Å². The monoisotopic (exact) mass is 474 g/mol. The van der Waals surface area contributed by atoms with E-state index in [-0.39, 0.29) is 5.69 Å². The number of aryl methyl sites for hydroxylation is 1. The van der Waals surface area contributed by atoms with Gasteiger partial charge in [0.1, 0.15) is 11.4 Å². The van der Waals surface area contributed by atoms with Gasteiger partial charge in [-0.1, -0.05) is 17.7 Å². The van der Waals surface area contributed by atoms with Gasteiger partial charge < -0.3 is 4.90 Å². The molecule has 1 saturated carbocycles. The van der Waals surface area contributed by atoms with E-state index in [1.54, 1.807) is 11.0 Å². The standard InChI is InChI=1S/C23H21F3N4S2/c1-15-4-7-17(8-5-15)30-21(31)29(20(28-14-32-2)22(30)10-3-11-22)18-9-6-16(13-27)19(12-18)23(24,25)26/h4-9,12H,3,10-11,14H2,1-2H3/b28-20+. The number of nitriles is 1. The van der Waals surface area contributed by atoms with Crippen LogP contribution in [0, 0.1) is 18.3 Å². The van der Waals surface area contributed by atoms with E-state index in [0.29, 0.717) is 16.8 Å². The number of amidine groups is 1. The van der Waals surface area contributed by atoms with E-state index < -0.39 is 22.8 Å². The van der Waals surface area contributed by atoms with Crippen molar-refractivity contribution in [2.45, 2.75) is 37.9 Å². The quantitative estimate of drug-likeness (QED) is 0.498. The molecular weight excluding hydrogens is 453 g/mol. The second-order valence-corrected chi connectivity index (χ2v) is 9.11. The molecule has 2 fully saturated rings. The number of hydrogen-bond donors (Lipinski definition) is 0. The molecule has 0 bridgehead atoms. The molecule has 0 aromatic heterocycles. The smallest absolute Gasteiger partial charge is 0.305 e. The number of nitrogens with zero attached hydrogens (tertiary/aromatic N) is 4. The molecule has 2 aliphatic rings. The second-order valence-electron chi connectivity index (χ2n) is 7.91. The van der Waals surface area contributed by atoms with E-state index in [2.05, 4.69) is 0 Å². The molecule has 2 aromatic rings. The molecule has 0 amide bonds. The zero-order valence-corrected chi connectivity index (χ0v) is 19.2. The van der Waals surface area contributed by atoms with Gasteiger partial charge in [-0.15, -0.1) is 11.8 Å². The van der Waals surface area contributed by atoms with Crippen LogP contribution in [0.15, 0.2) is 47.5 Å². The SMILES string of the molecule is CSC/N=C1/N(c2ccc(C#N)c(C(F)(F)F)c2)C(=S)N(c2ccc(C)cc2)C12CCC2. The highest BCUT2D eigenvalue weighted by molar-refractivity contribution is 7.98. The predicted molar refractivity (Wildman–Crippen MR) is 127 cm³/mol. The van der Waals surface area contributed by atoms with Crippen LogP contribution in [0.1, 0.15) is 36.0 Å². The molecule has 0 unspecified atom stereocenters. The maximum Gasteiger partial charge on any atom is 0.417 e. The summed E-state index contributed by atoms with van der Waals surface area (Å²) in [5, 5.41) is 9.57. The van der Waals surface area contributed by atoms with Crippen LogP contribution in [0.5, 0.6) is 0 Å². The highest BCUT2D eigenvalue weighted by atomic mass is 32.2. The first-order chi connectivity index (χ1) is 15.2. The summed E-state index contributed by atoms with van der Waals surface area (Å²) in [4.78, 5) is 8.47. The van der Waals surface area contributed by atoms with Gasteiger partial charge in [-0.2, -0.15) is 18.4 Å². The molecule has 32 heavy (non-hydrogen) atoms. The van der Waals surface area contributed by atoms with Gasteiger partial charge in [-0.3, -0.25) is 9.89 Å². The normalized spacial score (nSPS) is 18.9. The van der Waals surface area contributed by atoms with Gasteiger partial charge in [-0.05, 0) is 75.0 Å². The molecule has 2 aromatic carbocycles. The summed E-state index contributed by atoms with van der Waals surface area (Å²) < 4.78 is 41.0. The van der Waals surface area contributed by atoms with Crippen molar-refractivity contribution < 1.29 is 13.2 Å². The first kappa shape index (κ1) is 22.6. The molecule has 0 atom stereocenters. The number of thiocarbonyl (C=S) groups is 1. The summed E-state index contributed by atoms with van der Waals surface area (Å²) >= 11 is 7.39. The van der Waals surface area contributed by atoms with Crippen molar-refractivity contribution in [1.29, 1.82) is 5.26 Å². The highest BCUT2D eigenvalue weighted by Gasteiger charge is 2.57. The van der Waals surface area contributed by atoms with Crippen molar-refractivity contribution in [2.75, 3.05) is 21.9 Å². The molecule has 166 valence electrons. The lowest BCUT2D eigenvalue weighted by atomic mass is 9.74. The topological polar surface area (TPSA) is 42.6 Å². The number of anilines is 2. The van der Waals surface area contributed by atoms with Crippen LogP contribution in [-0.2, 0) is 6.18 Å². The molecule has 1 saturated heterocycles. The molecule has 9 heteroatoms. The van der Waals surface area contributed by atoms with Gasteiger partial charge in [0.2, 0.25) is 0 Å². The number of rotatable bonds is 4. The summed E-state index contributed by atoms with van der Waals surface area (Å²) in [5.74, 6) is 1.14. The van der Waals surface area contributed by atoms with E-state index in [0.717, 1.165) is 36.6 Å². The van der Waals surface area contributed by atoms with E-state index in [9.17, 15) is 18.4 Å². The van der Waals surface area contributed by atoms with Crippen molar-refractivity contribution >= 4 is 46.3 Å². The van der Waals surface area contributed by atoms with Crippen LogP contribution < -0.4 is 9.80 Å². The van der Waals surface area contributed by atoms with E-state index in [1.807, 2.05) is 42.3 Å². The Kier molecular flexibility index (Phi) is 5.94. The minimum atomic E-state index is -4.65.